The Morgan fingerprint density at radius 2 is 2.11 bits per heavy atom. The largest absolute Gasteiger partial charge is 0.390 e. The number of hydrogen-bond donors (Lipinski definition) is 1. The average Bonchev–Trinajstić information content (AvgIpc) is 2.73. The van der Waals surface area contributed by atoms with Crippen LogP contribution in [-0.2, 0) is 13.5 Å². The molecule has 1 N–H and O–H groups in total. The third-order valence-electron chi connectivity index (χ3n) is 4.64. The first-order valence-electron chi connectivity index (χ1n) is 7.19. The lowest BCUT2D eigenvalue weighted by Gasteiger charge is -2.37. The molecule has 0 saturated heterocycles. The van der Waals surface area contributed by atoms with Crippen molar-refractivity contribution in [2.24, 2.45) is 18.9 Å². The van der Waals surface area contributed by atoms with Crippen LogP contribution in [0.15, 0.2) is 12.4 Å². The van der Waals surface area contributed by atoms with Gasteiger partial charge in [0.2, 0.25) is 0 Å². The number of hydrogen-bond acceptors (Lipinski definition) is 2. The number of aromatic nitrogens is 2. The molecule has 18 heavy (non-hydrogen) atoms. The highest BCUT2D eigenvalue weighted by molar-refractivity contribution is 4.95. The summed E-state index contributed by atoms with van der Waals surface area (Å²) in [6.07, 6.45) is 9.79. The minimum atomic E-state index is -0.447. The summed E-state index contributed by atoms with van der Waals surface area (Å²) in [5.74, 6) is 2.64. The number of nitrogens with zero attached hydrogens (tertiary/aromatic N) is 2. The van der Waals surface area contributed by atoms with Crippen LogP contribution in [0.5, 0.6) is 0 Å². The maximum absolute atomic E-state index is 10.6. The van der Waals surface area contributed by atoms with Crippen molar-refractivity contribution >= 4 is 0 Å². The fourth-order valence-electron chi connectivity index (χ4n) is 3.08. The van der Waals surface area contributed by atoms with Crippen LogP contribution in [0.4, 0.5) is 0 Å². The summed E-state index contributed by atoms with van der Waals surface area (Å²) in [6, 6.07) is 0. The normalized spacial score (nSPS) is 28.8. The van der Waals surface area contributed by atoms with E-state index in [1.807, 2.05) is 24.0 Å². The molecule has 1 aromatic heterocycles. The number of aliphatic hydroxyl groups is 1. The zero-order valence-corrected chi connectivity index (χ0v) is 11.9. The zero-order chi connectivity index (χ0) is 13.2. The van der Waals surface area contributed by atoms with Crippen molar-refractivity contribution in [3.8, 4) is 0 Å². The van der Waals surface area contributed by atoms with Gasteiger partial charge in [0.15, 0.2) is 0 Å². The Labute approximate surface area is 110 Å². The van der Waals surface area contributed by atoms with E-state index in [0.717, 1.165) is 43.3 Å². The molecule has 1 aromatic rings. The maximum atomic E-state index is 10.6. The molecule has 0 aliphatic heterocycles. The van der Waals surface area contributed by atoms with Crippen molar-refractivity contribution in [3.63, 3.8) is 0 Å². The van der Waals surface area contributed by atoms with Gasteiger partial charge in [-0.15, -0.1) is 0 Å². The van der Waals surface area contributed by atoms with E-state index >= 15 is 0 Å². The molecule has 0 aromatic carbocycles. The lowest BCUT2D eigenvalue weighted by atomic mass is 9.73. The maximum Gasteiger partial charge on any atom is 0.108 e. The van der Waals surface area contributed by atoms with Crippen molar-refractivity contribution in [1.29, 1.82) is 0 Å². The van der Waals surface area contributed by atoms with Gasteiger partial charge in [-0.25, -0.2) is 4.98 Å². The van der Waals surface area contributed by atoms with Crippen molar-refractivity contribution in [3.05, 3.63) is 18.2 Å². The Bertz CT molecular complexity index is 376. The molecule has 1 heterocycles. The molecule has 0 unspecified atom stereocenters. The van der Waals surface area contributed by atoms with Crippen LogP contribution in [0.25, 0.3) is 0 Å². The first-order chi connectivity index (χ1) is 8.50. The van der Waals surface area contributed by atoms with Crippen molar-refractivity contribution in [2.45, 2.75) is 58.0 Å². The molecule has 2 rings (SSSR count). The quantitative estimate of drug-likeness (QED) is 0.892. The van der Waals surface area contributed by atoms with Crippen molar-refractivity contribution in [1.82, 2.24) is 9.55 Å². The van der Waals surface area contributed by atoms with Crippen LogP contribution < -0.4 is 0 Å². The molecule has 0 spiro atoms. The van der Waals surface area contributed by atoms with Crippen LogP contribution in [0.1, 0.15) is 51.8 Å². The van der Waals surface area contributed by atoms with E-state index in [4.69, 9.17) is 0 Å². The van der Waals surface area contributed by atoms with Gasteiger partial charge in [-0.2, -0.15) is 0 Å². The third kappa shape index (κ3) is 3.14. The lowest BCUT2D eigenvalue weighted by molar-refractivity contribution is -0.0221. The van der Waals surface area contributed by atoms with E-state index in [1.54, 1.807) is 0 Å². The Kier molecular flexibility index (Phi) is 4.10. The number of aryl methyl sites for hydroxylation is 2. The number of rotatable bonds is 4. The fraction of sp³-hybridized carbons (Fsp3) is 0.800. The summed E-state index contributed by atoms with van der Waals surface area (Å²) >= 11 is 0. The van der Waals surface area contributed by atoms with Gasteiger partial charge in [-0.05, 0) is 43.9 Å². The highest BCUT2D eigenvalue weighted by Gasteiger charge is 2.33. The molecule has 1 aliphatic rings. The fourth-order valence-corrected chi connectivity index (χ4v) is 3.08. The van der Waals surface area contributed by atoms with Gasteiger partial charge in [0, 0.05) is 25.9 Å². The predicted octanol–water partition coefficient (Wildman–Crippen LogP) is 2.93. The summed E-state index contributed by atoms with van der Waals surface area (Å²) in [5, 5.41) is 10.6. The first kappa shape index (κ1) is 13.6. The molecular weight excluding hydrogens is 224 g/mol. The summed E-state index contributed by atoms with van der Waals surface area (Å²) in [6.45, 7) is 4.59. The molecule has 1 saturated carbocycles. The summed E-state index contributed by atoms with van der Waals surface area (Å²) < 4.78 is 2.04. The van der Waals surface area contributed by atoms with E-state index in [1.165, 1.54) is 12.8 Å². The Morgan fingerprint density at radius 1 is 1.44 bits per heavy atom. The second-order valence-electron chi connectivity index (χ2n) is 6.26. The standard InChI is InChI=1S/C15H26N2O/c1-12(2)13-4-7-15(18,8-5-13)9-6-14-16-10-11-17(14)3/h10-13,18H,4-9H2,1-3H3. The lowest BCUT2D eigenvalue weighted by Crippen LogP contribution is -2.35. The highest BCUT2D eigenvalue weighted by atomic mass is 16.3. The molecule has 0 atom stereocenters. The molecule has 0 bridgehead atoms. The molecule has 102 valence electrons. The van der Waals surface area contributed by atoms with Gasteiger partial charge in [0.1, 0.15) is 5.82 Å². The van der Waals surface area contributed by atoms with Gasteiger partial charge in [-0.3, -0.25) is 0 Å². The van der Waals surface area contributed by atoms with E-state index in [9.17, 15) is 5.11 Å². The van der Waals surface area contributed by atoms with Crippen molar-refractivity contribution < 1.29 is 5.11 Å². The molecule has 3 heteroatoms. The molecule has 3 nitrogen and oxygen atoms in total. The molecule has 1 fully saturated rings. The van der Waals surface area contributed by atoms with E-state index in [0.29, 0.717) is 0 Å². The monoisotopic (exact) mass is 250 g/mol. The predicted molar refractivity (Wildman–Crippen MR) is 73.3 cm³/mol. The van der Waals surface area contributed by atoms with Gasteiger partial charge in [0.25, 0.3) is 0 Å². The van der Waals surface area contributed by atoms with Crippen LogP contribution in [-0.4, -0.2) is 20.3 Å². The average molecular weight is 250 g/mol. The van der Waals surface area contributed by atoms with Crippen LogP contribution in [0.3, 0.4) is 0 Å². The summed E-state index contributed by atoms with van der Waals surface area (Å²) in [4.78, 5) is 4.33. The Balaban J connectivity index is 1.85. The van der Waals surface area contributed by atoms with Gasteiger partial charge in [0.05, 0.1) is 5.60 Å². The second-order valence-corrected chi connectivity index (χ2v) is 6.26. The van der Waals surface area contributed by atoms with Gasteiger partial charge >= 0.3 is 0 Å². The van der Waals surface area contributed by atoms with E-state index in [2.05, 4.69) is 18.8 Å². The zero-order valence-electron chi connectivity index (χ0n) is 11.9. The number of imidazole rings is 1. The van der Waals surface area contributed by atoms with Crippen LogP contribution >= 0.6 is 0 Å². The van der Waals surface area contributed by atoms with Crippen molar-refractivity contribution in [2.75, 3.05) is 0 Å². The van der Waals surface area contributed by atoms with Gasteiger partial charge in [-0.1, -0.05) is 13.8 Å². The second kappa shape index (κ2) is 5.43. The molecule has 1 aliphatic carbocycles. The Hall–Kier alpha value is -0.830. The third-order valence-corrected chi connectivity index (χ3v) is 4.64. The van der Waals surface area contributed by atoms with Gasteiger partial charge < -0.3 is 9.67 Å². The summed E-state index contributed by atoms with van der Waals surface area (Å²) in [7, 11) is 2.02. The molecule has 0 radical (unpaired) electrons. The van der Waals surface area contributed by atoms with Crippen LogP contribution in [0.2, 0.25) is 0 Å². The SMILES string of the molecule is CC(C)C1CCC(O)(CCc2nccn2C)CC1. The first-order valence-corrected chi connectivity index (χ1v) is 7.19. The minimum absolute atomic E-state index is 0.447. The Morgan fingerprint density at radius 3 is 2.61 bits per heavy atom. The topological polar surface area (TPSA) is 38.1 Å². The smallest absolute Gasteiger partial charge is 0.108 e. The molecule has 0 amide bonds. The highest BCUT2D eigenvalue weighted by Crippen LogP contribution is 2.37. The van der Waals surface area contributed by atoms with E-state index in [-0.39, 0.29) is 0 Å². The summed E-state index contributed by atoms with van der Waals surface area (Å²) in [5.41, 5.74) is -0.447. The minimum Gasteiger partial charge on any atom is -0.390 e. The van der Waals surface area contributed by atoms with E-state index < -0.39 is 5.60 Å². The van der Waals surface area contributed by atoms with Crippen LogP contribution in [0, 0.1) is 11.8 Å². The molecular formula is C15H26N2O.